The lowest BCUT2D eigenvalue weighted by Gasteiger charge is -2.12. The summed E-state index contributed by atoms with van der Waals surface area (Å²) in [6, 6.07) is 5.48. The molecule has 17 heavy (non-hydrogen) atoms. The highest BCUT2D eigenvalue weighted by atomic mass is 32.2. The Morgan fingerprint density at radius 3 is 2.65 bits per heavy atom. The number of nitrogens with one attached hydrogen (secondary N) is 2. The predicted octanol–water partition coefficient (Wildman–Crippen LogP) is 1.11. The minimum absolute atomic E-state index is 0.386. The van der Waals surface area contributed by atoms with Gasteiger partial charge in [-0.25, -0.2) is 0 Å². The average molecular weight is 257 g/mol. The van der Waals surface area contributed by atoms with Gasteiger partial charge in [-0.2, -0.15) is 13.1 Å². The zero-order chi connectivity index (χ0) is 12.9. The number of hydrogen-bond acceptors (Lipinski definition) is 3. The second-order valence-electron chi connectivity index (χ2n) is 3.85. The Balaban J connectivity index is 2.87. The van der Waals surface area contributed by atoms with Crippen molar-refractivity contribution in [2.75, 3.05) is 11.3 Å². The van der Waals surface area contributed by atoms with Crippen LogP contribution in [-0.4, -0.2) is 15.0 Å². The van der Waals surface area contributed by atoms with Crippen LogP contribution in [0.25, 0.3) is 0 Å². The fourth-order valence-corrected chi connectivity index (χ4v) is 2.38. The van der Waals surface area contributed by atoms with Crippen molar-refractivity contribution in [1.82, 2.24) is 4.72 Å². The monoisotopic (exact) mass is 257 g/mol. The summed E-state index contributed by atoms with van der Waals surface area (Å²) < 4.78 is 28.3. The molecule has 0 fully saturated rings. The number of rotatable bonds is 6. The fourth-order valence-electron chi connectivity index (χ4n) is 1.32. The molecule has 0 amide bonds. The zero-order valence-electron chi connectivity index (χ0n) is 10.2. The van der Waals surface area contributed by atoms with Crippen LogP contribution in [0.4, 0.5) is 5.69 Å². The van der Waals surface area contributed by atoms with Crippen molar-refractivity contribution in [3.63, 3.8) is 0 Å². The Hall–Kier alpha value is -1.11. The van der Waals surface area contributed by atoms with E-state index in [4.69, 9.17) is 5.73 Å². The second kappa shape index (κ2) is 6.00. The maximum Gasteiger partial charge on any atom is 0.299 e. The Morgan fingerprint density at radius 2 is 2.06 bits per heavy atom. The molecule has 1 aromatic carbocycles. The zero-order valence-corrected chi connectivity index (χ0v) is 11.0. The van der Waals surface area contributed by atoms with Crippen molar-refractivity contribution in [3.05, 3.63) is 29.3 Å². The first-order chi connectivity index (χ1) is 7.98. The Kier molecular flexibility index (Phi) is 4.92. The van der Waals surface area contributed by atoms with Crippen LogP contribution >= 0.6 is 0 Å². The van der Waals surface area contributed by atoms with E-state index in [-0.39, 0.29) is 0 Å². The predicted molar refractivity (Wildman–Crippen MR) is 69.9 cm³/mol. The summed E-state index contributed by atoms with van der Waals surface area (Å²) in [5.74, 6) is 0. The molecule has 0 heterocycles. The van der Waals surface area contributed by atoms with Gasteiger partial charge in [-0.3, -0.25) is 4.72 Å². The van der Waals surface area contributed by atoms with Crippen LogP contribution in [0.3, 0.4) is 0 Å². The first kappa shape index (κ1) is 14.0. The lowest BCUT2D eigenvalue weighted by molar-refractivity contribution is 0.586. The third-order valence-electron chi connectivity index (χ3n) is 2.32. The summed E-state index contributed by atoms with van der Waals surface area (Å²) in [5.41, 5.74) is 7.84. The molecule has 0 aliphatic carbocycles. The third kappa shape index (κ3) is 4.33. The molecule has 1 rings (SSSR count). The minimum atomic E-state index is -3.49. The van der Waals surface area contributed by atoms with Gasteiger partial charge < -0.3 is 5.73 Å². The molecule has 0 spiro atoms. The summed E-state index contributed by atoms with van der Waals surface area (Å²) in [5, 5.41) is 0. The van der Waals surface area contributed by atoms with E-state index < -0.39 is 10.2 Å². The highest BCUT2D eigenvalue weighted by Gasteiger charge is 2.10. The fraction of sp³-hybridized carbons (Fsp3) is 0.455. The molecule has 0 aliphatic heterocycles. The molecule has 0 atom stereocenters. The molecule has 96 valence electrons. The van der Waals surface area contributed by atoms with E-state index in [1.165, 1.54) is 0 Å². The van der Waals surface area contributed by atoms with Crippen molar-refractivity contribution in [1.29, 1.82) is 0 Å². The van der Waals surface area contributed by atoms with Gasteiger partial charge in [-0.05, 0) is 30.5 Å². The molecule has 0 aliphatic rings. The number of hydrogen-bond donors (Lipinski definition) is 3. The second-order valence-corrected chi connectivity index (χ2v) is 5.35. The summed E-state index contributed by atoms with van der Waals surface area (Å²) in [7, 11) is -3.49. The quantitative estimate of drug-likeness (QED) is 0.713. The van der Waals surface area contributed by atoms with Crippen molar-refractivity contribution in [2.24, 2.45) is 5.73 Å². The van der Waals surface area contributed by atoms with Gasteiger partial charge in [0.1, 0.15) is 0 Å². The van der Waals surface area contributed by atoms with Gasteiger partial charge in [-0.15, -0.1) is 0 Å². The molecule has 5 nitrogen and oxygen atoms in total. The van der Waals surface area contributed by atoms with Crippen LogP contribution in [0.5, 0.6) is 0 Å². The number of anilines is 1. The molecule has 0 saturated carbocycles. The normalized spacial score (nSPS) is 11.5. The molecule has 0 radical (unpaired) electrons. The van der Waals surface area contributed by atoms with Gasteiger partial charge in [-0.1, -0.05) is 19.1 Å². The molecule has 1 aromatic rings. The van der Waals surface area contributed by atoms with Crippen molar-refractivity contribution >= 4 is 15.9 Å². The lowest BCUT2D eigenvalue weighted by atomic mass is 10.1. The van der Waals surface area contributed by atoms with Crippen molar-refractivity contribution in [3.8, 4) is 0 Å². The van der Waals surface area contributed by atoms with Crippen molar-refractivity contribution in [2.45, 2.75) is 26.8 Å². The van der Waals surface area contributed by atoms with Gasteiger partial charge in [0.25, 0.3) is 10.2 Å². The van der Waals surface area contributed by atoms with Crippen molar-refractivity contribution < 1.29 is 8.42 Å². The van der Waals surface area contributed by atoms with E-state index in [9.17, 15) is 8.42 Å². The highest BCUT2D eigenvalue weighted by Crippen LogP contribution is 2.17. The SMILES string of the molecule is CCCNS(=O)(=O)Nc1cc(CN)ccc1C. The maximum absolute atomic E-state index is 11.7. The molecule has 4 N–H and O–H groups in total. The van der Waals surface area contributed by atoms with Gasteiger partial charge in [0.05, 0.1) is 5.69 Å². The molecule has 0 saturated heterocycles. The van der Waals surface area contributed by atoms with Crippen LogP contribution in [0, 0.1) is 6.92 Å². The minimum Gasteiger partial charge on any atom is -0.326 e. The molecule has 0 aromatic heterocycles. The van der Waals surface area contributed by atoms with E-state index >= 15 is 0 Å². The molecule has 0 unspecified atom stereocenters. The number of aryl methyl sites for hydroxylation is 1. The van der Waals surface area contributed by atoms with Crippen LogP contribution in [-0.2, 0) is 16.8 Å². The van der Waals surface area contributed by atoms with E-state index in [0.29, 0.717) is 18.8 Å². The van der Waals surface area contributed by atoms with Gasteiger partial charge in [0.2, 0.25) is 0 Å². The average Bonchev–Trinajstić information content (AvgIpc) is 2.29. The van der Waals surface area contributed by atoms with Crippen LogP contribution < -0.4 is 15.2 Å². The summed E-state index contributed by atoms with van der Waals surface area (Å²) in [4.78, 5) is 0. The topological polar surface area (TPSA) is 84.2 Å². The van der Waals surface area contributed by atoms with E-state index in [2.05, 4.69) is 9.44 Å². The highest BCUT2D eigenvalue weighted by molar-refractivity contribution is 7.90. The third-order valence-corrected chi connectivity index (χ3v) is 3.40. The first-order valence-corrected chi connectivity index (χ1v) is 7.04. The Morgan fingerprint density at radius 1 is 1.35 bits per heavy atom. The summed E-state index contributed by atoms with van der Waals surface area (Å²) in [6.45, 7) is 4.56. The molecule has 0 bridgehead atoms. The van der Waals surface area contributed by atoms with Gasteiger partial charge in [0, 0.05) is 13.1 Å². The van der Waals surface area contributed by atoms with Crippen LogP contribution in [0.2, 0.25) is 0 Å². The van der Waals surface area contributed by atoms with E-state index in [0.717, 1.165) is 17.5 Å². The summed E-state index contributed by atoms with van der Waals surface area (Å²) >= 11 is 0. The summed E-state index contributed by atoms with van der Waals surface area (Å²) in [6.07, 6.45) is 0.753. The first-order valence-electron chi connectivity index (χ1n) is 5.55. The van der Waals surface area contributed by atoms with E-state index in [1.54, 1.807) is 6.07 Å². The largest absolute Gasteiger partial charge is 0.326 e. The Labute approximate surface area is 103 Å². The van der Waals surface area contributed by atoms with Gasteiger partial charge >= 0.3 is 0 Å². The molecule has 6 heteroatoms. The maximum atomic E-state index is 11.7. The lowest BCUT2D eigenvalue weighted by Crippen LogP contribution is -2.30. The number of benzene rings is 1. The van der Waals surface area contributed by atoms with Gasteiger partial charge in [0.15, 0.2) is 0 Å². The number of nitrogens with two attached hydrogens (primary N) is 1. The van der Waals surface area contributed by atoms with Crippen LogP contribution in [0.15, 0.2) is 18.2 Å². The Bertz CT molecular complexity index is 472. The smallest absolute Gasteiger partial charge is 0.299 e. The van der Waals surface area contributed by atoms with Crippen LogP contribution in [0.1, 0.15) is 24.5 Å². The standard InChI is InChI=1S/C11H19N3O2S/c1-3-6-13-17(15,16)14-11-7-10(8-12)5-4-9(11)2/h4-5,7,13-14H,3,6,8,12H2,1-2H3. The molecular formula is C11H19N3O2S. The molecular weight excluding hydrogens is 238 g/mol. The van der Waals surface area contributed by atoms with E-state index in [1.807, 2.05) is 26.0 Å².